The molecule has 4 rings (SSSR count). The van der Waals surface area contributed by atoms with E-state index in [-0.39, 0.29) is 17.5 Å². The van der Waals surface area contributed by atoms with Crippen LogP contribution in [0, 0.1) is 13.8 Å². The lowest BCUT2D eigenvalue weighted by atomic mass is 10.2. The second-order valence-corrected chi connectivity index (χ2v) is 9.70. The van der Waals surface area contributed by atoms with E-state index < -0.39 is 9.84 Å². The number of benzene rings is 1. The molecule has 1 atom stereocenters. The van der Waals surface area contributed by atoms with Gasteiger partial charge in [0.15, 0.2) is 9.84 Å². The van der Waals surface area contributed by atoms with Gasteiger partial charge in [0.25, 0.3) is 0 Å². The van der Waals surface area contributed by atoms with Gasteiger partial charge in [0.05, 0.1) is 39.7 Å². The van der Waals surface area contributed by atoms with Crippen LogP contribution >= 0.6 is 11.3 Å². The molecule has 9 heteroatoms. The van der Waals surface area contributed by atoms with E-state index in [1.807, 2.05) is 42.8 Å². The summed E-state index contributed by atoms with van der Waals surface area (Å²) in [6.45, 7) is 3.86. The fourth-order valence-electron chi connectivity index (χ4n) is 3.26. The van der Waals surface area contributed by atoms with Gasteiger partial charge in [0.2, 0.25) is 5.13 Å². The van der Waals surface area contributed by atoms with Crippen molar-refractivity contribution in [2.24, 2.45) is 5.10 Å². The highest BCUT2D eigenvalue weighted by molar-refractivity contribution is 7.91. The van der Waals surface area contributed by atoms with Gasteiger partial charge < -0.3 is 0 Å². The Kier molecular flexibility index (Phi) is 4.28. The Morgan fingerprint density at radius 1 is 1.35 bits per heavy atom. The minimum absolute atomic E-state index is 0.0851. The van der Waals surface area contributed by atoms with E-state index in [4.69, 9.17) is 0 Å². The number of hydrazone groups is 1. The zero-order chi connectivity index (χ0) is 18.3. The number of rotatable bonds is 4. The lowest BCUT2D eigenvalue weighted by Crippen LogP contribution is -2.14. The van der Waals surface area contributed by atoms with Crippen LogP contribution in [0.25, 0.3) is 10.2 Å². The molecule has 136 valence electrons. The first kappa shape index (κ1) is 17.2. The molecule has 1 aromatic carbocycles. The Bertz CT molecular complexity index is 1060. The van der Waals surface area contributed by atoms with Crippen molar-refractivity contribution in [2.45, 2.75) is 26.3 Å². The molecular formula is C17H19N5O2S2. The van der Waals surface area contributed by atoms with E-state index in [9.17, 15) is 8.42 Å². The van der Waals surface area contributed by atoms with Gasteiger partial charge in [-0.1, -0.05) is 23.5 Å². The summed E-state index contributed by atoms with van der Waals surface area (Å²) in [5.74, 6) is 0.397. The third-order valence-electron chi connectivity index (χ3n) is 4.58. The summed E-state index contributed by atoms with van der Waals surface area (Å²) in [6, 6.07) is 7.85. The smallest absolute Gasteiger partial charge is 0.204 e. The van der Waals surface area contributed by atoms with Crippen LogP contribution in [0.4, 0.5) is 5.13 Å². The number of nitrogens with one attached hydrogen (secondary N) is 1. The number of aromatic nitrogens is 3. The third-order valence-corrected chi connectivity index (χ3v) is 7.27. The quantitative estimate of drug-likeness (QED) is 0.547. The van der Waals surface area contributed by atoms with Gasteiger partial charge in [-0.25, -0.2) is 13.4 Å². The average Bonchev–Trinajstić information content (AvgIpc) is 3.25. The van der Waals surface area contributed by atoms with E-state index in [1.54, 1.807) is 17.6 Å². The van der Waals surface area contributed by atoms with Crippen molar-refractivity contribution >= 4 is 42.7 Å². The first-order valence-corrected chi connectivity index (χ1v) is 11.0. The molecule has 1 saturated heterocycles. The first-order valence-electron chi connectivity index (χ1n) is 8.34. The van der Waals surface area contributed by atoms with Crippen molar-refractivity contribution in [3.05, 3.63) is 41.2 Å². The van der Waals surface area contributed by atoms with Crippen LogP contribution in [0.5, 0.6) is 0 Å². The van der Waals surface area contributed by atoms with Gasteiger partial charge >= 0.3 is 0 Å². The molecule has 7 nitrogen and oxygen atoms in total. The minimum atomic E-state index is -2.94. The molecular weight excluding hydrogens is 370 g/mol. The summed E-state index contributed by atoms with van der Waals surface area (Å²) in [7, 11) is -2.94. The Morgan fingerprint density at radius 2 is 2.15 bits per heavy atom. The van der Waals surface area contributed by atoms with Crippen LogP contribution in [-0.4, -0.2) is 40.9 Å². The zero-order valence-corrected chi connectivity index (χ0v) is 16.1. The lowest BCUT2D eigenvalue weighted by molar-refractivity contribution is 0.486. The summed E-state index contributed by atoms with van der Waals surface area (Å²) in [4.78, 5) is 4.48. The van der Waals surface area contributed by atoms with Crippen molar-refractivity contribution < 1.29 is 8.42 Å². The van der Waals surface area contributed by atoms with Crippen LogP contribution in [0.3, 0.4) is 0 Å². The molecule has 26 heavy (non-hydrogen) atoms. The van der Waals surface area contributed by atoms with E-state index in [2.05, 4.69) is 20.6 Å². The molecule has 0 amide bonds. The maximum absolute atomic E-state index is 11.7. The highest BCUT2D eigenvalue weighted by Gasteiger charge is 2.31. The molecule has 1 N–H and O–H groups in total. The molecule has 0 saturated carbocycles. The fraction of sp³-hybridized carbons (Fsp3) is 0.353. The number of para-hydroxylation sites is 1. The number of nitrogens with zero attached hydrogens (tertiary/aromatic N) is 4. The van der Waals surface area contributed by atoms with E-state index in [0.717, 1.165) is 32.3 Å². The number of fused-ring (bicyclic) bond motifs is 1. The van der Waals surface area contributed by atoms with Crippen molar-refractivity contribution in [3.8, 4) is 0 Å². The second kappa shape index (κ2) is 6.48. The summed E-state index contributed by atoms with van der Waals surface area (Å²) >= 11 is 1.54. The van der Waals surface area contributed by atoms with Crippen LogP contribution in [-0.2, 0) is 9.84 Å². The minimum Gasteiger partial charge on any atom is -0.265 e. The van der Waals surface area contributed by atoms with Gasteiger partial charge in [-0.15, -0.1) is 0 Å². The van der Waals surface area contributed by atoms with Crippen molar-refractivity contribution in [1.29, 1.82) is 0 Å². The number of sulfone groups is 1. The van der Waals surface area contributed by atoms with Crippen molar-refractivity contribution in [1.82, 2.24) is 14.8 Å². The largest absolute Gasteiger partial charge is 0.265 e. The molecule has 1 fully saturated rings. The van der Waals surface area contributed by atoms with Gasteiger partial charge in [0.1, 0.15) is 0 Å². The molecule has 0 bridgehead atoms. The predicted octanol–water partition coefficient (Wildman–Crippen LogP) is 2.92. The molecule has 0 spiro atoms. The van der Waals surface area contributed by atoms with Crippen LogP contribution in [0.15, 0.2) is 29.4 Å². The van der Waals surface area contributed by atoms with E-state index in [1.165, 1.54) is 0 Å². The van der Waals surface area contributed by atoms with Gasteiger partial charge in [-0.3, -0.25) is 10.1 Å². The van der Waals surface area contributed by atoms with E-state index in [0.29, 0.717) is 6.42 Å². The van der Waals surface area contributed by atoms with Gasteiger partial charge in [-0.2, -0.15) is 10.2 Å². The standard InChI is InChI=1S/C17H19N5O2S2/c1-11-14(12(2)22(21-11)13-7-8-26(23,24)10-13)9-18-20-17-19-15-5-3-4-6-16(15)25-17/h3-6,9,13H,7-8,10H2,1-2H3,(H,19,20)/b18-9-/t13-/m1/s1. The monoisotopic (exact) mass is 389 g/mol. The molecule has 3 aromatic rings. The molecule has 0 radical (unpaired) electrons. The maximum atomic E-state index is 11.7. The molecule has 0 aliphatic carbocycles. The number of thiazole rings is 1. The third kappa shape index (κ3) is 3.24. The molecule has 1 aliphatic heterocycles. The van der Waals surface area contributed by atoms with Crippen LogP contribution in [0.1, 0.15) is 29.4 Å². The molecule has 2 aromatic heterocycles. The van der Waals surface area contributed by atoms with Crippen LogP contribution in [0.2, 0.25) is 0 Å². The molecule has 0 unspecified atom stereocenters. The molecule has 1 aliphatic rings. The Balaban J connectivity index is 1.53. The lowest BCUT2D eigenvalue weighted by Gasteiger charge is -2.10. The SMILES string of the molecule is Cc1nn([C@@H]2CCS(=O)(=O)C2)c(C)c1/C=N\Nc1nc2ccccc2s1. The Labute approximate surface area is 155 Å². The molecule has 3 heterocycles. The van der Waals surface area contributed by atoms with E-state index >= 15 is 0 Å². The number of hydrogen-bond donors (Lipinski definition) is 1. The maximum Gasteiger partial charge on any atom is 0.204 e. The predicted molar refractivity (Wildman–Crippen MR) is 105 cm³/mol. The summed E-state index contributed by atoms with van der Waals surface area (Å²) in [5.41, 5.74) is 6.59. The highest BCUT2D eigenvalue weighted by atomic mass is 32.2. The van der Waals surface area contributed by atoms with Gasteiger partial charge in [-0.05, 0) is 32.4 Å². The Morgan fingerprint density at radius 3 is 2.88 bits per heavy atom. The van der Waals surface area contributed by atoms with Gasteiger partial charge in [0, 0.05) is 11.3 Å². The normalized spacial score (nSPS) is 19.5. The number of hydrogen-bond acceptors (Lipinski definition) is 7. The summed E-state index contributed by atoms with van der Waals surface area (Å²) in [6.07, 6.45) is 2.34. The fourth-order valence-corrected chi connectivity index (χ4v) is 5.77. The average molecular weight is 390 g/mol. The van der Waals surface area contributed by atoms with Crippen molar-refractivity contribution in [2.75, 3.05) is 16.9 Å². The topological polar surface area (TPSA) is 89.2 Å². The highest BCUT2D eigenvalue weighted by Crippen LogP contribution is 2.27. The first-order chi connectivity index (χ1) is 12.4. The number of anilines is 1. The van der Waals surface area contributed by atoms with Crippen molar-refractivity contribution in [3.63, 3.8) is 0 Å². The second-order valence-electron chi connectivity index (χ2n) is 6.44. The number of aryl methyl sites for hydroxylation is 1. The summed E-state index contributed by atoms with van der Waals surface area (Å²) in [5, 5.41) is 9.57. The zero-order valence-electron chi connectivity index (χ0n) is 14.5. The van der Waals surface area contributed by atoms with Crippen LogP contribution < -0.4 is 5.43 Å². The Hall–Kier alpha value is -2.26. The summed E-state index contributed by atoms with van der Waals surface area (Å²) < 4.78 is 26.4.